The van der Waals surface area contributed by atoms with Crippen LogP contribution in [0.3, 0.4) is 0 Å². The van der Waals surface area contributed by atoms with Crippen molar-refractivity contribution in [3.05, 3.63) is 82.2 Å². The Morgan fingerprint density at radius 3 is 1.97 bits per heavy atom. The summed E-state index contributed by atoms with van der Waals surface area (Å²) in [5.74, 6) is -11.4. The topological polar surface area (TPSA) is 60.4 Å². The second-order valence-corrected chi connectivity index (χ2v) is 9.47. The van der Waals surface area contributed by atoms with Gasteiger partial charge in [-0.1, -0.05) is 36.4 Å². The van der Waals surface area contributed by atoms with Gasteiger partial charge in [0.05, 0.1) is 23.5 Å². The normalized spacial score (nSPS) is 14.3. The highest BCUT2D eigenvalue weighted by Gasteiger charge is 2.31. The molecule has 0 aliphatic rings. The summed E-state index contributed by atoms with van der Waals surface area (Å²) >= 11 is 0. The van der Waals surface area contributed by atoms with Gasteiger partial charge in [-0.05, 0) is 19.4 Å². The third-order valence-electron chi connectivity index (χ3n) is 4.70. The number of rotatable bonds is 9. The lowest BCUT2D eigenvalue weighted by atomic mass is 10.00. The SMILES string of the molecule is C/C(=C/CS(C)(=O)=O)[C@H](CC(=O)c1ccccc1)O[C@@H](C)c1c(F)c(F)c(F)c(F)c1F. The molecule has 174 valence electrons. The molecule has 0 aliphatic carbocycles. The zero-order valence-corrected chi connectivity index (χ0v) is 18.3. The van der Waals surface area contributed by atoms with Crippen LogP contribution in [0.2, 0.25) is 0 Å². The van der Waals surface area contributed by atoms with Crippen molar-refractivity contribution in [2.45, 2.75) is 32.5 Å². The van der Waals surface area contributed by atoms with E-state index < -0.39 is 68.2 Å². The average molecular weight is 476 g/mol. The summed E-state index contributed by atoms with van der Waals surface area (Å²) in [5, 5.41) is 0. The van der Waals surface area contributed by atoms with Gasteiger partial charge in [-0.3, -0.25) is 4.79 Å². The Morgan fingerprint density at radius 1 is 0.969 bits per heavy atom. The summed E-state index contributed by atoms with van der Waals surface area (Å²) in [4.78, 5) is 12.6. The van der Waals surface area contributed by atoms with Gasteiger partial charge in [0.1, 0.15) is 0 Å². The van der Waals surface area contributed by atoms with E-state index in [1.54, 1.807) is 18.2 Å². The van der Waals surface area contributed by atoms with E-state index in [0.29, 0.717) is 5.56 Å². The number of carbonyl (C=O) groups excluding carboxylic acids is 1. The molecule has 0 aromatic heterocycles. The van der Waals surface area contributed by atoms with Crippen molar-refractivity contribution in [3.63, 3.8) is 0 Å². The van der Waals surface area contributed by atoms with E-state index in [4.69, 9.17) is 4.74 Å². The minimum atomic E-state index is -3.42. The van der Waals surface area contributed by atoms with E-state index in [1.165, 1.54) is 25.1 Å². The van der Waals surface area contributed by atoms with E-state index in [0.717, 1.165) is 13.2 Å². The maximum Gasteiger partial charge on any atom is 0.200 e. The van der Waals surface area contributed by atoms with Gasteiger partial charge < -0.3 is 4.74 Å². The Bertz CT molecular complexity index is 1100. The Kier molecular flexibility index (Phi) is 8.30. The van der Waals surface area contributed by atoms with Gasteiger partial charge in [0.15, 0.2) is 38.9 Å². The molecule has 2 rings (SSSR count). The summed E-state index contributed by atoms with van der Waals surface area (Å²) < 4.78 is 97.4. The molecule has 2 atom stereocenters. The van der Waals surface area contributed by atoms with E-state index in [9.17, 15) is 35.2 Å². The molecule has 32 heavy (non-hydrogen) atoms. The van der Waals surface area contributed by atoms with Crippen LogP contribution in [0.15, 0.2) is 42.0 Å². The van der Waals surface area contributed by atoms with Crippen LogP contribution in [-0.2, 0) is 14.6 Å². The molecule has 0 radical (unpaired) electrons. The van der Waals surface area contributed by atoms with E-state index in [1.807, 2.05) is 0 Å². The van der Waals surface area contributed by atoms with Crippen LogP contribution in [0, 0.1) is 29.1 Å². The van der Waals surface area contributed by atoms with Gasteiger partial charge in [0.25, 0.3) is 0 Å². The molecule has 0 aliphatic heterocycles. The molecule has 2 aromatic rings. The van der Waals surface area contributed by atoms with Crippen molar-refractivity contribution in [1.82, 2.24) is 0 Å². The molecular weight excluding hydrogens is 455 g/mol. The lowest BCUT2D eigenvalue weighted by Gasteiger charge is -2.24. The number of carbonyl (C=O) groups is 1. The van der Waals surface area contributed by atoms with Gasteiger partial charge in [-0.25, -0.2) is 30.4 Å². The largest absolute Gasteiger partial charge is 0.366 e. The Hall–Kier alpha value is -2.59. The molecule has 0 saturated heterocycles. The second kappa shape index (κ2) is 10.4. The minimum Gasteiger partial charge on any atom is -0.366 e. The number of ketones is 1. The molecule has 0 heterocycles. The molecule has 10 heteroatoms. The Balaban J connectivity index is 2.41. The van der Waals surface area contributed by atoms with Crippen molar-refractivity contribution in [2.75, 3.05) is 12.0 Å². The molecule has 0 spiro atoms. The van der Waals surface area contributed by atoms with E-state index in [-0.39, 0.29) is 12.0 Å². The number of sulfone groups is 1. The molecule has 0 N–H and O–H groups in total. The summed E-state index contributed by atoms with van der Waals surface area (Å²) in [6.45, 7) is 2.52. The molecule has 0 saturated carbocycles. The number of hydrogen-bond acceptors (Lipinski definition) is 4. The van der Waals surface area contributed by atoms with Crippen molar-refractivity contribution in [2.24, 2.45) is 0 Å². The molecule has 0 fully saturated rings. The molecule has 0 bridgehead atoms. The molecule has 2 aromatic carbocycles. The number of halogens is 5. The fourth-order valence-corrected chi connectivity index (χ4v) is 3.50. The van der Waals surface area contributed by atoms with Gasteiger partial charge in [0, 0.05) is 18.2 Å². The van der Waals surface area contributed by atoms with Crippen molar-refractivity contribution in [3.8, 4) is 0 Å². The maximum atomic E-state index is 14.2. The Labute approximate surface area is 182 Å². The number of Topliss-reactive ketones (excluding diaryl/α,β-unsaturated/α-hetero) is 1. The molecular formula is C22H21F5O4S. The van der Waals surface area contributed by atoms with Crippen LogP contribution in [0.25, 0.3) is 0 Å². The van der Waals surface area contributed by atoms with Crippen LogP contribution in [-0.4, -0.2) is 32.3 Å². The highest BCUT2D eigenvalue weighted by Crippen LogP contribution is 2.32. The number of hydrogen-bond donors (Lipinski definition) is 0. The highest BCUT2D eigenvalue weighted by molar-refractivity contribution is 7.90. The Morgan fingerprint density at radius 2 is 1.47 bits per heavy atom. The van der Waals surface area contributed by atoms with Gasteiger partial charge >= 0.3 is 0 Å². The maximum absolute atomic E-state index is 14.2. The molecule has 0 amide bonds. The predicted molar refractivity (Wildman–Crippen MR) is 108 cm³/mol. The summed E-state index contributed by atoms with van der Waals surface area (Å²) in [7, 11) is -3.42. The zero-order valence-electron chi connectivity index (χ0n) is 17.5. The smallest absolute Gasteiger partial charge is 0.200 e. The van der Waals surface area contributed by atoms with Crippen LogP contribution in [0.1, 0.15) is 42.3 Å². The monoisotopic (exact) mass is 476 g/mol. The first-order valence-corrected chi connectivity index (χ1v) is 11.5. The van der Waals surface area contributed by atoms with Crippen LogP contribution >= 0.6 is 0 Å². The van der Waals surface area contributed by atoms with Crippen molar-refractivity contribution < 1.29 is 39.9 Å². The van der Waals surface area contributed by atoms with Crippen molar-refractivity contribution in [1.29, 1.82) is 0 Å². The third-order valence-corrected chi connectivity index (χ3v) is 5.47. The lowest BCUT2D eigenvalue weighted by Crippen LogP contribution is -2.23. The first-order valence-electron chi connectivity index (χ1n) is 9.42. The van der Waals surface area contributed by atoms with Crippen LogP contribution < -0.4 is 0 Å². The summed E-state index contributed by atoms with van der Waals surface area (Å²) in [6, 6.07) is 7.98. The van der Waals surface area contributed by atoms with Crippen LogP contribution in [0.5, 0.6) is 0 Å². The first kappa shape index (κ1) is 25.7. The quantitative estimate of drug-likeness (QED) is 0.166. The predicted octanol–water partition coefficient (Wildman–Crippen LogP) is 5.09. The number of ether oxygens (including phenoxy) is 1. The van der Waals surface area contributed by atoms with Crippen molar-refractivity contribution >= 4 is 15.6 Å². The van der Waals surface area contributed by atoms with Gasteiger partial charge in [0.2, 0.25) is 5.82 Å². The summed E-state index contributed by atoms with van der Waals surface area (Å²) in [6.07, 6.45) is -0.928. The number of benzene rings is 2. The zero-order chi connectivity index (χ0) is 24.2. The van der Waals surface area contributed by atoms with E-state index in [2.05, 4.69) is 0 Å². The summed E-state index contributed by atoms with van der Waals surface area (Å²) in [5.41, 5.74) is -0.634. The fourth-order valence-electron chi connectivity index (χ4n) is 2.93. The highest BCUT2D eigenvalue weighted by atomic mass is 32.2. The minimum absolute atomic E-state index is 0.246. The van der Waals surface area contributed by atoms with Crippen LogP contribution in [0.4, 0.5) is 22.0 Å². The molecule has 0 unspecified atom stereocenters. The first-order chi connectivity index (χ1) is 14.8. The fraction of sp³-hybridized carbons (Fsp3) is 0.318. The lowest BCUT2D eigenvalue weighted by molar-refractivity contribution is 0.00953. The van der Waals surface area contributed by atoms with E-state index >= 15 is 0 Å². The standard InChI is InChI=1S/C22H21F5O4S/c1-12(9-10-32(3,29)30)16(11-15(28)14-7-5-4-6-8-14)31-13(2)17-18(23)20(25)22(27)21(26)19(17)24/h4-9,13,16H,10-11H2,1-3H3/b12-9-/t13-,16-/m0/s1. The van der Waals surface area contributed by atoms with Gasteiger partial charge in [-0.15, -0.1) is 0 Å². The van der Waals surface area contributed by atoms with Gasteiger partial charge in [-0.2, -0.15) is 0 Å². The molecule has 4 nitrogen and oxygen atoms in total. The second-order valence-electron chi connectivity index (χ2n) is 7.28. The average Bonchev–Trinajstić information content (AvgIpc) is 2.74. The third kappa shape index (κ3) is 6.23.